The molecule has 1 heterocycles. The Bertz CT molecular complexity index is 892. The molecule has 25 heavy (non-hydrogen) atoms. The van der Waals surface area contributed by atoms with Crippen molar-refractivity contribution in [3.05, 3.63) is 54.4 Å². The van der Waals surface area contributed by atoms with Crippen molar-refractivity contribution in [2.24, 2.45) is 0 Å². The fraction of sp³-hybridized carbons (Fsp3) is 0.312. The van der Waals surface area contributed by atoms with E-state index in [-0.39, 0.29) is 16.3 Å². The molecule has 0 saturated heterocycles. The van der Waals surface area contributed by atoms with Crippen molar-refractivity contribution >= 4 is 20.0 Å². The molecule has 0 amide bonds. The van der Waals surface area contributed by atoms with E-state index in [4.69, 9.17) is 0 Å². The Balaban J connectivity index is 2.18. The third kappa shape index (κ3) is 4.63. The first-order valence-electron chi connectivity index (χ1n) is 7.80. The summed E-state index contributed by atoms with van der Waals surface area (Å²) < 4.78 is 53.3. The van der Waals surface area contributed by atoms with Gasteiger partial charge in [-0.15, -0.1) is 0 Å². The monoisotopic (exact) mass is 383 g/mol. The number of pyridine rings is 1. The van der Waals surface area contributed by atoms with E-state index in [1.807, 2.05) is 0 Å². The van der Waals surface area contributed by atoms with Crippen LogP contribution in [0.1, 0.15) is 19.4 Å². The minimum Gasteiger partial charge on any atom is -0.264 e. The Hall–Kier alpha value is -1.81. The van der Waals surface area contributed by atoms with Crippen LogP contribution in [0.3, 0.4) is 0 Å². The minimum absolute atomic E-state index is 0.00915. The quantitative estimate of drug-likeness (QED) is 0.747. The van der Waals surface area contributed by atoms with Gasteiger partial charge >= 0.3 is 0 Å². The van der Waals surface area contributed by atoms with Crippen LogP contribution in [0.5, 0.6) is 0 Å². The van der Waals surface area contributed by atoms with Crippen LogP contribution < -0.4 is 4.72 Å². The maximum Gasteiger partial charge on any atom is 0.243 e. The molecule has 7 nitrogen and oxygen atoms in total. The zero-order valence-electron chi connectivity index (χ0n) is 14.1. The van der Waals surface area contributed by atoms with Gasteiger partial charge in [-0.25, -0.2) is 21.6 Å². The van der Waals surface area contributed by atoms with Gasteiger partial charge in [0.2, 0.25) is 20.0 Å². The molecule has 136 valence electrons. The first-order chi connectivity index (χ1) is 11.8. The summed E-state index contributed by atoms with van der Waals surface area (Å²) in [6, 6.07) is 8.69. The molecule has 9 heteroatoms. The number of hydrogen-bond donors (Lipinski definition) is 1. The lowest BCUT2D eigenvalue weighted by Crippen LogP contribution is -2.30. The molecule has 0 radical (unpaired) electrons. The first-order valence-corrected chi connectivity index (χ1v) is 10.7. The molecule has 0 fully saturated rings. The molecule has 1 aromatic heterocycles. The van der Waals surface area contributed by atoms with E-state index in [0.29, 0.717) is 13.1 Å². The summed E-state index contributed by atoms with van der Waals surface area (Å²) in [4.78, 5) is 4.00. The molecule has 2 aromatic rings. The molecule has 0 spiro atoms. The van der Waals surface area contributed by atoms with Gasteiger partial charge in [0.05, 0.1) is 9.79 Å². The molecule has 2 rings (SSSR count). The van der Waals surface area contributed by atoms with Crippen molar-refractivity contribution in [1.82, 2.24) is 14.0 Å². The standard InChI is InChI=1S/C16H21N3O4S2/c1-3-19(4-2)25(22,23)16-9-7-15(8-10-16)24(20,21)18-13-14-6-5-11-17-12-14/h5-12,18H,3-4,13H2,1-2H3. The number of aromatic nitrogens is 1. The Morgan fingerprint density at radius 1 is 0.960 bits per heavy atom. The smallest absolute Gasteiger partial charge is 0.243 e. The van der Waals surface area contributed by atoms with E-state index in [2.05, 4.69) is 9.71 Å². The summed E-state index contributed by atoms with van der Waals surface area (Å²) in [5.41, 5.74) is 0.729. The summed E-state index contributed by atoms with van der Waals surface area (Å²) >= 11 is 0. The van der Waals surface area contributed by atoms with Crippen molar-refractivity contribution in [3.8, 4) is 0 Å². The van der Waals surface area contributed by atoms with Gasteiger partial charge in [0.15, 0.2) is 0 Å². The van der Waals surface area contributed by atoms with Crippen molar-refractivity contribution in [2.75, 3.05) is 13.1 Å². The number of sulfonamides is 2. The van der Waals surface area contributed by atoms with Gasteiger partial charge in [-0.05, 0) is 35.9 Å². The molecule has 1 N–H and O–H groups in total. The van der Waals surface area contributed by atoms with Crippen LogP contribution in [0.15, 0.2) is 58.6 Å². The second-order valence-corrected chi connectivity index (χ2v) is 8.95. The molecule has 1 aromatic carbocycles. The number of benzene rings is 1. The van der Waals surface area contributed by atoms with Crippen molar-refractivity contribution in [3.63, 3.8) is 0 Å². The number of nitrogens with one attached hydrogen (secondary N) is 1. The zero-order valence-corrected chi connectivity index (χ0v) is 15.7. The molecule has 0 unspecified atom stereocenters. The molecule has 0 aliphatic rings. The van der Waals surface area contributed by atoms with Crippen LogP contribution in [0.4, 0.5) is 0 Å². The van der Waals surface area contributed by atoms with Gasteiger partial charge < -0.3 is 0 Å². The second kappa shape index (κ2) is 8.05. The lowest BCUT2D eigenvalue weighted by molar-refractivity contribution is 0.445. The number of hydrogen-bond acceptors (Lipinski definition) is 5. The van der Waals surface area contributed by atoms with Gasteiger partial charge in [0.25, 0.3) is 0 Å². The summed E-state index contributed by atoms with van der Waals surface area (Å²) in [5.74, 6) is 0. The van der Waals surface area contributed by atoms with Crippen LogP contribution in [0, 0.1) is 0 Å². The van der Waals surface area contributed by atoms with E-state index in [0.717, 1.165) is 5.56 Å². The largest absolute Gasteiger partial charge is 0.264 e. The van der Waals surface area contributed by atoms with E-state index < -0.39 is 20.0 Å². The fourth-order valence-electron chi connectivity index (χ4n) is 2.27. The molecular weight excluding hydrogens is 362 g/mol. The van der Waals surface area contributed by atoms with Gasteiger partial charge in [-0.3, -0.25) is 4.98 Å². The molecular formula is C16H21N3O4S2. The maximum absolute atomic E-state index is 12.4. The van der Waals surface area contributed by atoms with Crippen molar-refractivity contribution in [2.45, 2.75) is 30.2 Å². The average Bonchev–Trinajstić information content (AvgIpc) is 2.62. The summed E-state index contributed by atoms with van der Waals surface area (Å²) in [6.45, 7) is 4.32. The van der Waals surface area contributed by atoms with E-state index in [1.54, 1.807) is 38.4 Å². The van der Waals surface area contributed by atoms with Gasteiger partial charge in [-0.1, -0.05) is 19.9 Å². The van der Waals surface area contributed by atoms with Crippen LogP contribution in [0.2, 0.25) is 0 Å². The Labute approximate surface area is 148 Å². The summed E-state index contributed by atoms with van der Waals surface area (Å²) in [5, 5.41) is 0. The Morgan fingerprint density at radius 3 is 2.08 bits per heavy atom. The highest BCUT2D eigenvalue weighted by atomic mass is 32.2. The van der Waals surface area contributed by atoms with E-state index in [1.165, 1.54) is 28.6 Å². The highest BCUT2D eigenvalue weighted by Gasteiger charge is 2.22. The second-order valence-electron chi connectivity index (χ2n) is 5.25. The third-order valence-electron chi connectivity index (χ3n) is 3.67. The molecule has 0 bridgehead atoms. The first kappa shape index (κ1) is 19.5. The SMILES string of the molecule is CCN(CC)S(=O)(=O)c1ccc(S(=O)(=O)NCc2cccnc2)cc1. The summed E-state index contributed by atoms with van der Waals surface area (Å²) in [6.07, 6.45) is 3.18. The number of nitrogens with zero attached hydrogens (tertiary/aromatic N) is 2. The molecule has 0 saturated carbocycles. The lowest BCUT2D eigenvalue weighted by Gasteiger charge is -2.18. The van der Waals surface area contributed by atoms with E-state index >= 15 is 0 Å². The van der Waals surface area contributed by atoms with E-state index in [9.17, 15) is 16.8 Å². The zero-order chi connectivity index (χ0) is 18.5. The highest BCUT2D eigenvalue weighted by Crippen LogP contribution is 2.18. The number of rotatable bonds is 8. The predicted molar refractivity (Wildman–Crippen MR) is 94.8 cm³/mol. The lowest BCUT2D eigenvalue weighted by atomic mass is 10.3. The van der Waals surface area contributed by atoms with Crippen molar-refractivity contribution < 1.29 is 16.8 Å². The Morgan fingerprint density at radius 2 is 1.56 bits per heavy atom. The van der Waals surface area contributed by atoms with Gasteiger partial charge in [-0.2, -0.15) is 4.31 Å². The van der Waals surface area contributed by atoms with Gasteiger partial charge in [0.1, 0.15) is 0 Å². The van der Waals surface area contributed by atoms with Crippen LogP contribution >= 0.6 is 0 Å². The van der Waals surface area contributed by atoms with Crippen molar-refractivity contribution in [1.29, 1.82) is 0 Å². The topological polar surface area (TPSA) is 96.4 Å². The molecule has 0 aliphatic heterocycles. The summed E-state index contributed by atoms with van der Waals surface area (Å²) in [7, 11) is -7.35. The van der Waals surface area contributed by atoms with Gasteiger partial charge in [0, 0.05) is 32.0 Å². The highest BCUT2D eigenvalue weighted by molar-refractivity contribution is 7.89. The molecule has 0 atom stereocenters. The predicted octanol–water partition coefficient (Wildman–Crippen LogP) is 1.59. The van der Waals surface area contributed by atoms with Crippen LogP contribution in [-0.4, -0.2) is 39.2 Å². The van der Waals surface area contributed by atoms with Crippen LogP contribution in [-0.2, 0) is 26.6 Å². The average molecular weight is 383 g/mol. The maximum atomic E-state index is 12.4. The minimum atomic E-state index is -3.74. The third-order valence-corrected chi connectivity index (χ3v) is 7.15. The molecule has 0 aliphatic carbocycles. The van der Waals surface area contributed by atoms with Crippen LogP contribution in [0.25, 0.3) is 0 Å². The normalized spacial score (nSPS) is 12.4. The fourth-order valence-corrected chi connectivity index (χ4v) is 4.74. The Kier molecular flexibility index (Phi) is 6.28.